The van der Waals surface area contributed by atoms with Crippen LogP contribution in [-0.4, -0.2) is 6.18 Å². The van der Waals surface area contributed by atoms with E-state index in [-0.39, 0.29) is 0 Å². The minimum absolute atomic E-state index is 0.366. The van der Waals surface area contributed by atoms with Crippen molar-refractivity contribution < 1.29 is 13.2 Å². The summed E-state index contributed by atoms with van der Waals surface area (Å²) in [5, 5.41) is 0. The Balaban J connectivity index is 1.70. The Labute approximate surface area is 140 Å². The van der Waals surface area contributed by atoms with Gasteiger partial charge >= 0.3 is 6.18 Å². The molecular weight excluding hydrogens is 297 g/mol. The number of alkyl halides is 3. The van der Waals surface area contributed by atoms with Gasteiger partial charge in [0.1, 0.15) is 0 Å². The third-order valence-electron chi connectivity index (χ3n) is 6.83. The van der Waals surface area contributed by atoms with Crippen LogP contribution in [0.3, 0.4) is 0 Å². The Bertz CT molecular complexity index is 320. The summed E-state index contributed by atoms with van der Waals surface area (Å²) in [7, 11) is 0. The number of hydrogen-bond donors (Lipinski definition) is 0. The van der Waals surface area contributed by atoms with Crippen molar-refractivity contribution in [2.24, 2.45) is 29.6 Å². The highest BCUT2D eigenvalue weighted by molar-refractivity contribution is 4.84. The fourth-order valence-electron chi connectivity index (χ4n) is 5.04. The molecule has 0 aromatic rings. The van der Waals surface area contributed by atoms with E-state index in [4.69, 9.17) is 0 Å². The Morgan fingerprint density at radius 2 is 1.35 bits per heavy atom. The molecule has 2 aliphatic carbocycles. The van der Waals surface area contributed by atoms with Gasteiger partial charge in [0, 0.05) is 0 Å². The van der Waals surface area contributed by atoms with E-state index in [1.165, 1.54) is 51.4 Å². The van der Waals surface area contributed by atoms with Crippen molar-refractivity contribution in [1.82, 2.24) is 0 Å². The van der Waals surface area contributed by atoms with Gasteiger partial charge in [-0.15, -0.1) is 0 Å². The van der Waals surface area contributed by atoms with Crippen LogP contribution in [-0.2, 0) is 0 Å². The lowest BCUT2D eigenvalue weighted by Gasteiger charge is -2.39. The van der Waals surface area contributed by atoms with Gasteiger partial charge in [-0.25, -0.2) is 0 Å². The summed E-state index contributed by atoms with van der Waals surface area (Å²) in [4.78, 5) is 0. The summed E-state index contributed by atoms with van der Waals surface area (Å²) in [6.07, 6.45) is 9.13. The Kier molecular flexibility index (Phi) is 7.28. The minimum atomic E-state index is -3.97. The van der Waals surface area contributed by atoms with E-state index in [1.54, 1.807) is 0 Å². The van der Waals surface area contributed by atoms with Gasteiger partial charge in [0.25, 0.3) is 0 Å². The van der Waals surface area contributed by atoms with E-state index in [0.717, 1.165) is 24.7 Å². The Morgan fingerprint density at radius 1 is 0.826 bits per heavy atom. The van der Waals surface area contributed by atoms with Crippen LogP contribution in [0.4, 0.5) is 13.2 Å². The number of hydrogen-bond acceptors (Lipinski definition) is 0. The summed E-state index contributed by atoms with van der Waals surface area (Å²) in [5.74, 6) is 1.83. The molecule has 136 valence electrons. The maximum absolute atomic E-state index is 12.8. The second kappa shape index (κ2) is 8.76. The van der Waals surface area contributed by atoms with E-state index >= 15 is 0 Å². The molecule has 0 bridgehead atoms. The van der Waals surface area contributed by atoms with Gasteiger partial charge in [0.2, 0.25) is 0 Å². The molecule has 1 unspecified atom stereocenters. The number of rotatable bonds is 6. The van der Waals surface area contributed by atoms with E-state index in [0.29, 0.717) is 24.7 Å². The fourth-order valence-corrected chi connectivity index (χ4v) is 5.04. The molecule has 0 nitrogen and oxygen atoms in total. The van der Waals surface area contributed by atoms with Gasteiger partial charge in [-0.2, -0.15) is 13.2 Å². The lowest BCUT2D eigenvalue weighted by atomic mass is 9.67. The van der Waals surface area contributed by atoms with Gasteiger partial charge in [0.15, 0.2) is 0 Å². The molecule has 0 spiro atoms. The lowest BCUT2D eigenvalue weighted by molar-refractivity contribution is -0.185. The molecule has 0 aromatic carbocycles. The molecule has 1 atom stereocenters. The molecule has 2 fully saturated rings. The normalized spacial score (nSPS) is 34.3. The third-order valence-corrected chi connectivity index (χ3v) is 6.83. The van der Waals surface area contributed by atoms with Crippen molar-refractivity contribution in [3.63, 3.8) is 0 Å². The zero-order valence-electron chi connectivity index (χ0n) is 15.0. The fraction of sp³-hybridized carbons (Fsp3) is 1.00. The van der Waals surface area contributed by atoms with Crippen LogP contribution in [0.1, 0.15) is 90.9 Å². The van der Waals surface area contributed by atoms with E-state index in [2.05, 4.69) is 13.8 Å². The van der Waals surface area contributed by atoms with Crippen molar-refractivity contribution in [2.45, 2.75) is 97.1 Å². The second-order valence-electron chi connectivity index (χ2n) is 8.29. The summed E-state index contributed by atoms with van der Waals surface area (Å²) < 4.78 is 38.4. The lowest BCUT2D eigenvalue weighted by Crippen LogP contribution is -2.32. The highest BCUT2D eigenvalue weighted by Crippen LogP contribution is 2.45. The summed E-state index contributed by atoms with van der Waals surface area (Å²) in [6.45, 7) is 4.58. The van der Waals surface area contributed by atoms with E-state index < -0.39 is 12.1 Å². The van der Waals surface area contributed by atoms with Gasteiger partial charge in [-0.05, 0) is 62.2 Å². The second-order valence-corrected chi connectivity index (χ2v) is 8.29. The van der Waals surface area contributed by atoms with Crippen LogP contribution >= 0.6 is 0 Å². The molecule has 2 rings (SSSR count). The average molecular weight is 332 g/mol. The molecule has 2 aliphatic rings. The summed E-state index contributed by atoms with van der Waals surface area (Å²) >= 11 is 0. The molecule has 3 heteroatoms. The SMILES string of the molecule is CCCCCC1CCC(C(C)C2CCC(C(F)(F)F)CC2)CC1. The standard InChI is InChI=1S/C20H35F3/c1-3-4-5-6-16-7-9-17(10-8-16)15(2)18-11-13-19(14-12-18)20(21,22)23/h15-19H,3-14H2,1-2H3. The first kappa shape index (κ1) is 19.1. The largest absolute Gasteiger partial charge is 0.391 e. The minimum Gasteiger partial charge on any atom is -0.171 e. The van der Waals surface area contributed by atoms with Gasteiger partial charge in [-0.3, -0.25) is 0 Å². The first-order valence-corrected chi connectivity index (χ1v) is 9.98. The van der Waals surface area contributed by atoms with Crippen LogP contribution in [0.15, 0.2) is 0 Å². The van der Waals surface area contributed by atoms with Crippen LogP contribution in [0.5, 0.6) is 0 Å². The topological polar surface area (TPSA) is 0 Å². The summed E-state index contributed by atoms with van der Waals surface area (Å²) in [6, 6.07) is 0. The molecule has 2 saturated carbocycles. The van der Waals surface area contributed by atoms with Gasteiger partial charge in [0.05, 0.1) is 5.92 Å². The van der Waals surface area contributed by atoms with Gasteiger partial charge in [-0.1, -0.05) is 52.4 Å². The molecule has 0 heterocycles. The Hall–Kier alpha value is -0.210. The first-order valence-electron chi connectivity index (χ1n) is 9.98. The van der Waals surface area contributed by atoms with Crippen molar-refractivity contribution in [1.29, 1.82) is 0 Å². The smallest absolute Gasteiger partial charge is 0.171 e. The highest BCUT2D eigenvalue weighted by Gasteiger charge is 2.42. The van der Waals surface area contributed by atoms with E-state index in [9.17, 15) is 13.2 Å². The molecule has 0 aliphatic heterocycles. The zero-order valence-corrected chi connectivity index (χ0v) is 15.0. The molecule has 0 saturated heterocycles. The third kappa shape index (κ3) is 5.67. The maximum Gasteiger partial charge on any atom is 0.391 e. The number of halogens is 3. The van der Waals surface area contributed by atoms with Crippen molar-refractivity contribution in [3.05, 3.63) is 0 Å². The molecule has 0 amide bonds. The van der Waals surface area contributed by atoms with E-state index in [1.807, 2.05) is 0 Å². The highest BCUT2D eigenvalue weighted by atomic mass is 19.4. The number of unbranched alkanes of at least 4 members (excludes halogenated alkanes) is 2. The van der Waals surface area contributed by atoms with Crippen molar-refractivity contribution in [2.75, 3.05) is 0 Å². The molecule has 0 radical (unpaired) electrons. The summed E-state index contributed by atoms with van der Waals surface area (Å²) in [5.41, 5.74) is 0. The molecule has 0 aromatic heterocycles. The average Bonchev–Trinajstić information content (AvgIpc) is 2.54. The van der Waals surface area contributed by atoms with Crippen LogP contribution in [0.2, 0.25) is 0 Å². The van der Waals surface area contributed by atoms with Crippen molar-refractivity contribution >= 4 is 0 Å². The van der Waals surface area contributed by atoms with Gasteiger partial charge < -0.3 is 0 Å². The predicted molar refractivity (Wildman–Crippen MR) is 90.3 cm³/mol. The predicted octanol–water partition coefficient (Wildman–Crippen LogP) is 7.38. The monoisotopic (exact) mass is 332 g/mol. The maximum atomic E-state index is 12.8. The van der Waals surface area contributed by atoms with Crippen molar-refractivity contribution in [3.8, 4) is 0 Å². The van der Waals surface area contributed by atoms with Crippen LogP contribution in [0.25, 0.3) is 0 Å². The van der Waals surface area contributed by atoms with Crippen LogP contribution < -0.4 is 0 Å². The molecule has 0 N–H and O–H groups in total. The Morgan fingerprint density at radius 3 is 1.83 bits per heavy atom. The first-order chi connectivity index (χ1) is 10.9. The molecule has 23 heavy (non-hydrogen) atoms. The quantitative estimate of drug-likeness (QED) is 0.445. The van der Waals surface area contributed by atoms with Crippen LogP contribution in [0, 0.1) is 29.6 Å². The zero-order chi connectivity index (χ0) is 16.9. The molecular formula is C20H35F3.